The molecule has 0 rings (SSSR count). The van der Waals surface area contributed by atoms with Gasteiger partial charge in [0.15, 0.2) is 6.10 Å². The molecule has 0 saturated heterocycles. The van der Waals surface area contributed by atoms with Crippen LogP contribution in [0, 0.1) is 0 Å². The zero-order valence-corrected chi connectivity index (χ0v) is 44.5. The second kappa shape index (κ2) is 55.5. The number of hydrogen-bond acceptors (Lipinski definition) is 6. The summed E-state index contributed by atoms with van der Waals surface area (Å²) in [5.41, 5.74) is 0. The van der Waals surface area contributed by atoms with Gasteiger partial charge >= 0.3 is 17.9 Å². The highest BCUT2D eigenvalue weighted by Gasteiger charge is 2.19. The van der Waals surface area contributed by atoms with Gasteiger partial charge in [0.25, 0.3) is 0 Å². The van der Waals surface area contributed by atoms with Crippen molar-refractivity contribution in [3.63, 3.8) is 0 Å². The topological polar surface area (TPSA) is 78.9 Å². The molecule has 0 fully saturated rings. The summed E-state index contributed by atoms with van der Waals surface area (Å²) in [4.78, 5) is 38.1. The van der Waals surface area contributed by atoms with E-state index in [2.05, 4.69) is 45.1 Å². The van der Waals surface area contributed by atoms with Gasteiger partial charge in [0.2, 0.25) is 0 Å². The van der Waals surface area contributed by atoms with Crippen LogP contribution in [0.1, 0.15) is 323 Å². The number of carbonyl (C=O) groups is 3. The smallest absolute Gasteiger partial charge is 0.306 e. The van der Waals surface area contributed by atoms with E-state index in [1.807, 2.05) is 0 Å². The van der Waals surface area contributed by atoms with Gasteiger partial charge in [0.05, 0.1) is 0 Å². The number of unbranched alkanes of at least 4 members (excludes halogenated alkanes) is 39. The van der Waals surface area contributed by atoms with Gasteiger partial charge in [-0.05, 0) is 51.4 Å². The molecule has 66 heavy (non-hydrogen) atoms. The molecule has 0 N–H and O–H groups in total. The third-order valence-corrected chi connectivity index (χ3v) is 13.2. The number of allylic oxidation sites excluding steroid dienone is 4. The number of carbonyl (C=O) groups excluding carboxylic acids is 3. The Labute approximate surface area is 411 Å². The average Bonchev–Trinajstić information content (AvgIpc) is 3.31. The monoisotopic (exact) mass is 929 g/mol. The molecule has 0 spiro atoms. The summed E-state index contributed by atoms with van der Waals surface area (Å²) in [6.07, 6.45) is 64.6. The van der Waals surface area contributed by atoms with Gasteiger partial charge in [-0.3, -0.25) is 14.4 Å². The molecule has 1 unspecified atom stereocenters. The summed E-state index contributed by atoms with van der Waals surface area (Å²) < 4.78 is 16.8. The van der Waals surface area contributed by atoms with Gasteiger partial charge < -0.3 is 14.2 Å². The minimum absolute atomic E-state index is 0.0717. The van der Waals surface area contributed by atoms with Crippen LogP contribution in [-0.4, -0.2) is 37.2 Å². The Morgan fingerprint density at radius 1 is 0.303 bits per heavy atom. The Kier molecular flexibility index (Phi) is 53.7. The molecule has 0 radical (unpaired) electrons. The Morgan fingerprint density at radius 3 is 0.848 bits per heavy atom. The van der Waals surface area contributed by atoms with Crippen LogP contribution in [0.3, 0.4) is 0 Å². The van der Waals surface area contributed by atoms with Crippen molar-refractivity contribution in [2.24, 2.45) is 0 Å². The van der Waals surface area contributed by atoms with Crippen LogP contribution in [0.25, 0.3) is 0 Å². The minimum Gasteiger partial charge on any atom is -0.462 e. The van der Waals surface area contributed by atoms with Gasteiger partial charge in [-0.15, -0.1) is 0 Å². The largest absolute Gasteiger partial charge is 0.462 e. The second-order valence-electron chi connectivity index (χ2n) is 19.9. The van der Waals surface area contributed by atoms with Crippen LogP contribution >= 0.6 is 0 Å². The molecule has 0 bridgehead atoms. The Balaban J connectivity index is 4.23. The van der Waals surface area contributed by atoms with E-state index in [9.17, 15) is 14.4 Å². The highest BCUT2D eigenvalue weighted by atomic mass is 16.6. The lowest BCUT2D eigenvalue weighted by Gasteiger charge is -2.18. The average molecular weight is 930 g/mol. The van der Waals surface area contributed by atoms with Crippen molar-refractivity contribution >= 4 is 17.9 Å². The maximum Gasteiger partial charge on any atom is 0.306 e. The van der Waals surface area contributed by atoms with Gasteiger partial charge in [-0.1, -0.05) is 276 Å². The highest BCUT2D eigenvalue weighted by Crippen LogP contribution is 2.17. The van der Waals surface area contributed by atoms with Crippen molar-refractivity contribution < 1.29 is 28.6 Å². The van der Waals surface area contributed by atoms with Crippen molar-refractivity contribution in [2.75, 3.05) is 13.2 Å². The third kappa shape index (κ3) is 52.9. The molecule has 0 heterocycles. The molecular weight excluding hydrogens is 817 g/mol. The number of hydrogen-bond donors (Lipinski definition) is 0. The zero-order chi connectivity index (χ0) is 47.9. The third-order valence-electron chi connectivity index (χ3n) is 13.2. The van der Waals surface area contributed by atoms with E-state index in [0.29, 0.717) is 19.3 Å². The van der Waals surface area contributed by atoms with E-state index >= 15 is 0 Å². The molecule has 6 nitrogen and oxygen atoms in total. The molecule has 1 atom stereocenters. The van der Waals surface area contributed by atoms with Crippen LogP contribution in [0.4, 0.5) is 0 Å². The van der Waals surface area contributed by atoms with Crippen molar-refractivity contribution in [1.29, 1.82) is 0 Å². The van der Waals surface area contributed by atoms with E-state index in [-0.39, 0.29) is 31.1 Å². The Morgan fingerprint density at radius 2 is 0.545 bits per heavy atom. The lowest BCUT2D eigenvalue weighted by molar-refractivity contribution is -0.167. The summed E-state index contributed by atoms with van der Waals surface area (Å²) in [5.74, 6) is -0.867. The molecule has 0 saturated carbocycles. The van der Waals surface area contributed by atoms with Crippen LogP contribution < -0.4 is 0 Å². The number of esters is 3. The van der Waals surface area contributed by atoms with Gasteiger partial charge in [0, 0.05) is 19.3 Å². The van der Waals surface area contributed by atoms with E-state index in [0.717, 1.165) is 77.0 Å². The van der Waals surface area contributed by atoms with Crippen LogP contribution in [0.2, 0.25) is 0 Å². The normalized spacial score (nSPS) is 12.1. The van der Waals surface area contributed by atoms with Crippen molar-refractivity contribution in [3.05, 3.63) is 24.3 Å². The molecule has 0 amide bonds. The van der Waals surface area contributed by atoms with Gasteiger partial charge in [0.1, 0.15) is 13.2 Å². The lowest BCUT2D eigenvalue weighted by Crippen LogP contribution is -2.30. The molecular formula is C60H112O6. The molecule has 0 aliphatic heterocycles. The molecule has 0 aromatic heterocycles. The van der Waals surface area contributed by atoms with E-state index in [1.165, 1.54) is 205 Å². The molecule has 0 aliphatic carbocycles. The molecule has 0 aromatic carbocycles. The van der Waals surface area contributed by atoms with Crippen LogP contribution in [0.15, 0.2) is 24.3 Å². The second-order valence-corrected chi connectivity index (χ2v) is 19.9. The lowest BCUT2D eigenvalue weighted by atomic mass is 10.0. The first kappa shape index (κ1) is 63.9. The van der Waals surface area contributed by atoms with Crippen molar-refractivity contribution in [1.82, 2.24) is 0 Å². The fraction of sp³-hybridized carbons (Fsp3) is 0.883. The van der Waals surface area contributed by atoms with E-state index in [4.69, 9.17) is 14.2 Å². The predicted molar refractivity (Wildman–Crippen MR) is 284 cm³/mol. The van der Waals surface area contributed by atoms with Gasteiger partial charge in [-0.25, -0.2) is 0 Å². The number of ether oxygens (including phenoxy) is 3. The van der Waals surface area contributed by atoms with E-state index < -0.39 is 6.10 Å². The Bertz CT molecular complexity index is 1070. The fourth-order valence-electron chi connectivity index (χ4n) is 8.77. The summed E-state index contributed by atoms with van der Waals surface area (Å²) >= 11 is 0. The fourth-order valence-corrected chi connectivity index (χ4v) is 8.77. The highest BCUT2D eigenvalue weighted by molar-refractivity contribution is 5.71. The molecule has 388 valence electrons. The first-order valence-electron chi connectivity index (χ1n) is 29.3. The maximum absolute atomic E-state index is 12.8. The van der Waals surface area contributed by atoms with Crippen LogP contribution in [0.5, 0.6) is 0 Å². The van der Waals surface area contributed by atoms with E-state index in [1.54, 1.807) is 0 Å². The predicted octanol–water partition coefficient (Wildman–Crippen LogP) is 19.5. The summed E-state index contributed by atoms with van der Waals surface area (Å²) in [5, 5.41) is 0. The quantitative estimate of drug-likeness (QED) is 0.0262. The first-order valence-corrected chi connectivity index (χ1v) is 29.3. The summed E-state index contributed by atoms with van der Waals surface area (Å²) in [7, 11) is 0. The molecule has 0 aromatic rings. The first-order chi connectivity index (χ1) is 32.5. The zero-order valence-electron chi connectivity index (χ0n) is 44.5. The van der Waals surface area contributed by atoms with Crippen molar-refractivity contribution in [2.45, 2.75) is 329 Å². The van der Waals surface area contributed by atoms with Crippen molar-refractivity contribution in [3.8, 4) is 0 Å². The molecule has 0 aliphatic rings. The SMILES string of the molecule is CCCCCC/C=C\C/C=C\CCCCCCCC(=O)OC(COC(=O)CCCCCCCCCCCC)COC(=O)CCCCCCCCCCCCCCCCCCCCCCCC. The Hall–Kier alpha value is -2.11. The minimum atomic E-state index is -0.773. The standard InChI is InChI=1S/C60H112O6/c1-4-7-10-13-16-19-22-24-26-28-29-30-31-32-33-35-36-38-41-44-47-50-53-59(62)65-56-57(55-64-58(61)52-49-46-43-40-21-18-15-12-9-6-3)66-60(63)54-51-48-45-42-39-37-34-27-25-23-20-17-14-11-8-5-2/h20,23,27,34,57H,4-19,21-22,24-26,28-33,35-56H2,1-3H3/b23-20-,34-27-. The summed E-state index contributed by atoms with van der Waals surface area (Å²) in [6.45, 7) is 6.65. The molecule has 6 heteroatoms. The number of rotatable bonds is 54. The summed E-state index contributed by atoms with van der Waals surface area (Å²) in [6, 6.07) is 0. The van der Waals surface area contributed by atoms with Crippen LogP contribution in [-0.2, 0) is 28.6 Å². The maximum atomic E-state index is 12.8. The van der Waals surface area contributed by atoms with Gasteiger partial charge in [-0.2, -0.15) is 0 Å².